The largest absolute Gasteiger partial charge is 0.481 e. The number of aliphatic hydroxyl groups is 1. The van der Waals surface area contributed by atoms with Crippen molar-refractivity contribution in [2.24, 2.45) is 0 Å². The van der Waals surface area contributed by atoms with Crippen LogP contribution >= 0.6 is 0 Å². The summed E-state index contributed by atoms with van der Waals surface area (Å²) >= 11 is 0. The molecule has 3 rings (SSSR count). The highest BCUT2D eigenvalue weighted by Gasteiger charge is 2.37. The zero-order chi connectivity index (χ0) is 24.0. The van der Waals surface area contributed by atoms with Crippen molar-refractivity contribution in [1.29, 1.82) is 0 Å². The fraction of sp³-hybridized carbons (Fsp3) is 0.444. The minimum atomic E-state index is -1.29. The summed E-state index contributed by atoms with van der Waals surface area (Å²) < 4.78 is 0. The Morgan fingerprint density at radius 2 is 1.41 bits per heavy atom. The van der Waals surface area contributed by atoms with Crippen molar-refractivity contribution in [3.8, 4) is 0 Å². The molecule has 0 aromatic heterocycles. The molecule has 2 N–H and O–H groups in total. The number of carbonyl (C=O) groups excluding carboxylic acids is 7. The van der Waals surface area contributed by atoms with Crippen LogP contribution in [0.1, 0.15) is 32.1 Å². The van der Waals surface area contributed by atoms with Crippen LogP contribution in [0.5, 0.6) is 0 Å². The van der Waals surface area contributed by atoms with E-state index in [1.54, 1.807) is 0 Å². The molecule has 2 saturated heterocycles. The predicted octanol–water partition coefficient (Wildman–Crippen LogP) is -2.51. The van der Waals surface area contributed by atoms with E-state index in [1.807, 2.05) is 0 Å². The van der Waals surface area contributed by atoms with Crippen LogP contribution < -0.4 is 0 Å². The molecule has 0 spiro atoms. The van der Waals surface area contributed by atoms with Gasteiger partial charge in [-0.2, -0.15) is 0 Å². The van der Waals surface area contributed by atoms with Crippen LogP contribution in [-0.4, -0.2) is 91.7 Å². The first kappa shape index (κ1) is 24.3. The summed E-state index contributed by atoms with van der Waals surface area (Å²) in [4.78, 5) is 94.5. The van der Waals surface area contributed by atoms with Gasteiger partial charge in [-0.3, -0.25) is 43.4 Å². The molecule has 2 fully saturated rings. The topological polar surface area (TPSA) is 196 Å². The summed E-state index contributed by atoms with van der Waals surface area (Å²) in [7, 11) is 0. The molecular weight excluding hydrogens is 434 g/mol. The van der Waals surface area contributed by atoms with E-state index in [4.69, 9.17) is 10.2 Å². The van der Waals surface area contributed by atoms with Gasteiger partial charge in [0.25, 0.3) is 29.5 Å². The van der Waals surface area contributed by atoms with E-state index in [0.29, 0.717) is 5.06 Å². The maximum Gasteiger partial charge on any atom is 0.335 e. The Labute approximate surface area is 179 Å². The number of carboxylic acid groups (broad SMARTS) is 1. The number of carboxylic acids is 1. The van der Waals surface area contributed by atoms with Crippen molar-refractivity contribution in [3.05, 3.63) is 12.2 Å². The van der Waals surface area contributed by atoms with Crippen LogP contribution in [0.3, 0.4) is 0 Å². The van der Waals surface area contributed by atoms with Gasteiger partial charge in [-0.15, -0.1) is 5.06 Å². The molecule has 14 heteroatoms. The standard InChI is InChI=1S/C11H10N2O6.C7H9NO5/c14-7-1-2-8(15)12(7)6-5-11(18)19-13-9(16)3-4-10(13)17;9-4-3-5(10)8(7(4)13)2-1-6(11)12/h1-2H,3-6H2;4,9H,1-3H2,(H,11,12). The summed E-state index contributed by atoms with van der Waals surface area (Å²) in [6, 6.07) is 0. The van der Waals surface area contributed by atoms with Crippen LogP contribution in [0.4, 0.5) is 0 Å². The van der Waals surface area contributed by atoms with Gasteiger partial charge in [-0.05, 0) is 0 Å². The second-order valence-corrected chi connectivity index (χ2v) is 6.70. The highest BCUT2D eigenvalue weighted by Crippen LogP contribution is 2.14. The van der Waals surface area contributed by atoms with E-state index >= 15 is 0 Å². The minimum Gasteiger partial charge on any atom is -0.481 e. The number of rotatable bonds is 7. The highest BCUT2D eigenvalue weighted by molar-refractivity contribution is 6.13. The zero-order valence-corrected chi connectivity index (χ0v) is 16.6. The van der Waals surface area contributed by atoms with Gasteiger partial charge in [0.2, 0.25) is 5.91 Å². The summed E-state index contributed by atoms with van der Waals surface area (Å²) in [5.41, 5.74) is 0. The number of imide groups is 3. The van der Waals surface area contributed by atoms with Crippen molar-refractivity contribution >= 4 is 47.4 Å². The number of aliphatic carboxylic acids is 1. The van der Waals surface area contributed by atoms with Gasteiger partial charge in [0, 0.05) is 38.1 Å². The van der Waals surface area contributed by atoms with Crippen LogP contribution in [0.2, 0.25) is 0 Å². The van der Waals surface area contributed by atoms with Crippen molar-refractivity contribution in [2.45, 2.75) is 38.2 Å². The number of carbonyl (C=O) groups is 8. The quantitative estimate of drug-likeness (QED) is 0.386. The Hall–Kier alpha value is -3.94. The number of likely N-dealkylation sites (tertiary alicyclic amines) is 1. The molecule has 172 valence electrons. The number of aliphatic hydroxyl groups excluding tert-OH is 1. The Kier molecular flexibility index (Phi) is 7.90. The molecule has 0 aliphatic carbocycles. The van der Waals surface area contributed by atoms with Crippen molar-refractivity contribution < 1.29 is 53.4 Å². The molecule has 0 bridgehead atoms. The number of nitrogens with zero attached hydrogens (tertiary/aromatic N) is 3. The van der Waals surface area contributed by atoms with Gasteiger partial charge in [-0.25, -0.2) is 4.79 Å². The Balaban J connectivity index is 0.000000244. The third-order valence-corrected chi connectivity index (χ3v) is 4.41. The lowest BCUT2D eigenvalue weighted by molar-refractivity contribution is -0.197. The molecule has 3 heterocycles. The average Bonchev–Trinajstić information content (AvgIpc) is 3.30. The summed E-state index contributed by atoms with van der Waals surface area (Å²) in [6.45, 7) is -0.316. The molecular formula is C18H19N3O11. The molecule has 6 amide bonds. The van der Waals surface area contributed by atoms with Crippen LogP contribution in [0.15, 0.2) is 12.2 Å². The van der Waals surface area contributed by atoms with Crippen molar-refractivity contribution in [3.63, 3.8) is 0 Å². The molecule has 0 saturated carbocycles. The van der Waals surface area contributed by atoms with Gasteiger partial charge in [0.15, 0.2) is 0 Å². The lowest BCUT2D eigenvalue weighted by Gasteiger charge is -2.15. The first-order chi connectivity index (χ1) is 15.0. The van der Waals surface area contributed by atoms with E-state index in [0.717, 1.165) is 22.0 Å². The third-order valence-electron chi connectivity index (χ3n) is 4.41. The lowest BCUT2D eigenvalue weighted by Crippen LogP contribution is -2.35. The number of hydroxylamine groups is 2. The summed E-state index contributed by atoms with van der Waals surface area (Å²) in [5.74, 6) is -5.32. The van der Waals surface area contributed by atoms with Crippen LogP contribution in [-0.2, 0) is 43.2 Å². The second kappa shape index (κ2) is 10.4. The maximum absolute atomic E-state index is 11.4. The summed E-state index contributed by atoms with van der Waals surface area (Å²) in [5, 5.41) is 17.7. The lowest BCUT2D eigenvalue weighted by atomic mass is 10.3. The Morgan fingerprint density at radius 1 is 0.875 bits per heavy atom. The van der Waals surface area contributed by atoms with E-state index in [1.165, 1.54) is 0 Å². The molecule has 3 aliphatic rings. The van der Waals surface area contributed by atoms with Gasteiger partial charge in [0.1, 0.15) is 6.10 Å². The molecule has 3 aliphatic heterocycles. The molecule has 14 nitrogen and oxygen atoms in total. The number of hydrogen-bond donors (Lipinski definition) is 2. The molecule has 0 radical (unpaired) electrons. The van der Waals surface area contributed by atoms with Crippen LogP contribution in [0.25, 0.3) is 0 Å². The maximum atomic E-state index is 11.4. The van der Waals surface area contributed by atoms with Crippen LogP contribution in [0, 0.1) is 0 Å². The van der Waals surface area contributed by atoms with Gasteiger partial charge < -0.3 is 15.1 Å². The molecule has 1 unspecified atom stereocenters. The van der Waals surface area contributed by atoms with Gasteiger partial charge in [-0.1, -0.05) is 0 Å². The predicted molar refractivity (Wildman–Crippen MR) is 97.3 cm³/mol. The van der Waals surface area contributed by atoms with Gasteiger partial charge in [0.05, 0.1) is 19.3 Å². The highest BCUT2D eigenvalue weighted by atomic mass is 16.7. The summed E-state index contributed by atoms with van der Waals surface area (Å²) in [6.07, 6.45) is 0.126. The number of amides is 6. The normalized spacial score (nSPS) is 20.3. The molecule has 1 atom stereocenters. The monoisotopic (exact) mass is 453 g/mol. The second-order valence-electron chi connectivity index (χ2n) is 6.70. The Morgan fingerprint density at radius 3 is 1.88 bits per heavy atom. The SMILES string of the molecule is O=C(CCN1C(=O)C=CC1=O)ON1C(=O)CCC1=O.O=C(O)CCN1C(=O)CC(O)C1=O. The molecule has 0 aromatic carbocycles. The first-order valence-electron chi connectivity index (χ1n) is 9.35. The van der Waals surface area contributed by atoms with Gasteiger partial charge >= 0.3 is 11.9 Å². The van der Waals surface area contributed by atoms with Crippen molar-refractivity contribution in [2.75, 3.05) is 13.1 Å². The minimum absolute atomic E-state index is 0.0130. The smallest absolute Gasteiger partial charge is 0.335 e. The van der Waals surface area contributed by atoms with E-state index in [2.05, 4.69) is 4.84 Å². The zero-order valence-electron chi connectivity index (χ0n) is 16.6. The molecule has 0 aromatic rings. The molecule has 32 heavy (non-hydrogen) atoms. The fourth-order valence-electron chi connectivity index (χ4n) is 2.77. The van der Waals surface area contributed by atoms with Crippen molar-refractivity contribution in [1.82, 2.24) is 14.9 Å². The first-order valence-corrected chi connectivity index (χ1v) is 9.35. The van der Waals surface area contributed by atoms with E-state index < -0.39 is 53.5 Å². The Bertz CT molecular complexity index is 876. The average molecular weight is 453 g/mol. The number of hydrogen-bond acceptors (Lipinski definition) is 10. The van der Waals surface area contributed by atoms with E-state index in [9.17, 15) is 38.4 Å². The van der Waals surface area contributed by atoms with E-state index in [-0.39, 0.29) is 45.2 Å². The third kappa shape index (κ3) is 6.04. The fourth-order valence-corrected chi connectivity index (χ4v) is 2.77.